The molecule has 0 aliphatic rings. The summed E-state index contributed by atoms with van der Waals surface area (Å²) in [4.78, 5) is 2.40. The molecular weight excluding hydrogens is 232 g/mol. The van der Waals surface area contributed by atoms with Crippen molar-refractivity contribution in [2.45, 2.75) is 45.6 Å². The Labute approximate surface area is 119 Å². The van der Waals surface area contributed by atoms with E-state index in [2.05, 4.69) is 62.3 Å². The normalized spacial score (nSPS) is 12.1. The van der Waals surface area contributed by atoms with Crippen molar-refractivity contribution < 1.29 is 0 Å². The molecule has 0 unspecified atom stereocenters. The van der Waals surface area contributed by atoms with E-state index in [1.54, 1.807) is 0 Å². The predicted molar refractivity (Wildman–Crippen MR) is 84.8 cm³/mol. The van der Waals surface area contributed by atoms with E-state index < -0.39 is 0 Å². The third kappa shape index (κ3) is 6.22. The molecule has 0 fully saturated rings. The van der Waals surface area contributed by atoms with Crippen molar-refractivity contribution in [3.8, 4) is 0 Å². The fourth-order valence-corrected chi connectivity index (χ4v) is 2.31. The Kier molecular flexibility index (Phi) is 6.53. The zero-order valence-electron chi connectivity index (χ0n) is 13.3. The van der Waals surface area contributed by atoms with Crippen molar-refractivity contribution >= 4 is 0 Å². The van der Waals surface area contributed by atoms with Gasteiger partial charge in [-0.15, -0.1) is 0 Å². The molecule has 0 aromatic heterocycles. The van der Waals surface area contributed by atoms with Gasteiger partial charge in [0.05, 0.1) is 0 Å². The number of rotatable bonds is 8. The average Bonchev–Trinajstić information content (AvgIpc) is 2.38. The predicted octanol–water partition coefficient (Wildman–Crippen LogP) is 3.11. The molecule has 0 heterocycles. The highest BCUT2D eigenvalue weighted by Crippen LogP contribution is 2.09. The van der Waals surface area contributed by atoms with Gasteiger partial charge in [-0.25, -0.2) is 0 Å². The Balaban J connectivity index is 2.39. The highest BCUT2D eigenvalue weighted by molar-refractivity contribution is 5.22. The van der Waals surface area contributed by atoms with E-state index in [-0.39, 0.29) is 5.54 Å². The number of nitrogens with one attached hydrogen (secondary N) is 1. The molecule has 2 nitrogen and oxygen atoms in total. The van der Waals surface area contributed by atoms with Gasteiger partial charge >= 0.3 is 0 Å². The van der Waals surface area contributed by atoms with Crippen LogP contribution in [0.15, 0.2) is 24.3 Å². The van der Waals surface area contributed by atoms with Crippen molar-refractivity contribution in [2.24, 2.45) is 0 Å². The summed E-state index contributed by atoms with van der Waals surface area (Å²) in [5.74, 6) is 0. The van der Waals surface area contributed by atoms with Gasteiger partial charge in [0.15, 0.2) is 0 Å². The maximum Gasteiger partial charge on any atom is 0.0249 e. The molecule has 2 heteroatoms. The van der Waals surface area contributed by atoms with Gasteiger partial charge < -0.3 is 10.2 Å². The van der Waals surface area contributed by atoms with Crippen LogP contribution < -0.4 is 5.32 Å². The second-order valence-corrected chi connectivity index (χ2v) is 6.19. The Hall–Kier alpha value is -0.860. The monoisotopic (exact) mass is 262 g/mol. The Bertz CT molecular complexity index is 354. The second-order valence-electron chi connectivity index (χ2n) is 6.19. The molecule has 0 atom stereocenters. The molecule has 1 N–H and O–H groups in total. The third-order valence-corrected chi connectivity index (χ3v) is 3.69. The molecule has 1 rings (SSSR count). The van der Waals surface area contributed by atoms with Crippen LogP contribution in [0.25, 0.3) is 0 Å². The van der Waals surface area contributed by atoms with E-state index in [1.807, 2.05) is 7.05 Å². The smallest absolute Gasteiger partial charge is 0.0249 e. The minimum Gasteiger partial charge on any atom is -0.314 e. The first-order valence-electron chi connectivity index (χ1n) is 7.42. The largest absolute Gasteiger partial charge is 0.314 e. The second kappa shape index (κ2) is 7.66. The van der Waals surface area contributed by atoms with Crippen molar-refractivity contribution in [1.29, 1.82) is 0 Å². The van der Waals surface area contributed by atoms with Crippen LogP contribution in [0.3, 0.4) is 0 Å². The summed E-state index contributed by atoms with van der Waals surface area (Å²) in [5, 5.41) is 3.35. The van der Waals surface area contributed by atoms with Gasteiger partial charge in [-0.05, 0) is 51.9 Å². The summed E-state index contributed by atoms with van der Waals surface area (Å²) in [6.45, 7) is 8.88. The van der Waals surface area contributed by atoms with Gasteiger partial charge in [-0.3, -0.25) is 0 Å². The summed E-state index contributed by atoms with van der Waals surface area (Å²) in [6, 6.07) is 9.11. The van der Waals surface area contributed by atoms with E-state index in [0.29, 0.717) is 0 Å². The van der Waals surface area contributed by atoms with Gasteiger partial charge in [0.25, 0.3) is 0 Å². The maximum atomic E-state index is 3.35. The molecular formula is C17H30N2. The molecule has 0 bridgehead atoms. The summed E-state index contributed by atoms with van der Waals surface area (Å²) in [7, 11) is 4.23. The minimum atomic E-state index is 0.180. The van der Waals surface area contributed by atoms with Crippen LogP contribution in [0.1, 0.15) is 38.3 Å². The molecule has 1 aromatic rings. The minimum absolute atomic E-state index is 0.180. The summed E-state index contributed by atoms with van der Waals surface area (Å²) >= 11 is 0. The van der Waals surface area contributed by atoms with Gasteiger partial charge in [-0.1, -0.05) is 37.6 Å². The van der Waals surface area contributed by atoms with Crippen LogP contribution >= 0.6 is 0 Å². The first-order chi connectivity index (χ1) is 8.96. The Morgan fingerprint density at radius 3 is 2.05 bits per heavy atom. The molecule has 0 radical (unpaired) electrons. The molecule has 108 valence electrons. The van der Waals surface area contributed by atoms with Crippen LogP contribution in [-0.2, 0) is 12.8 Å². The van der Waals surface area contributed by atoms with Crippen molar-refractivity contribution in [3.05, 3.63) is 35.4 Å². The fourth-order valence-electron chi connectivity index (χ4n) is 2.31. The standard InChI is InChI=1S/C17H30N2/c1-6-7-15-8-10-16(11-9-15)12-13-19(5)14-17(2,3)18-4/h8-11,18H,6-7,12-14H2,1-5H3. The van der Waals surface area contributed by atoms with E-state index in [0.717, 1.165) is 19.5 Å². The Morgan fingerprint density at radius 2 is 1.58 bits per heavy atom. The van der Waals surface area contributed by atoms with Crippen molar-refractivity contribution in [1.82, 2.24) is 10.2 Å². The lowest BCUT2D eigenvalue weighted by Gasteiger charge is -2.30. The topological polar surface area (TPSA) is 15.3 Å². The number of likely N-dealkylation sites (N-methyl/N-ethyl adjacent to an activating group) is 2. The van der Waals surface area contributed by atoms with Crippen LogP contribution in [0.2, 0.25) is 0 Å². The first-order valence-corrected chi connectivity index (χ1v) is 7.42. The molecule has 0 aliphatic heterocycles. The zero-order valence-corrected chi connectivity index (χ0v) is 13.3. The lowest BCUT2D eigenvalue weighted by Crippen LogP contribution is -2.46. The van der Waals surface area contributed by atoms with Crippen LogP contribution in [0.5, 0.6) is 0 Å². The summed E-state index contributed by atoms with van der Waals surface area (Å²) < 4.78 is 0. The van der Waals surface area contributed by atoms with Gasteiger partial charge in [-0.2, -0.15) is 0 Å². The van der Waals surface area contributed by atoms with E-state index in [4.69, 9.17) is 0 Å². The number of hydrogen-bond acceptors (Lipinski definition) is 2. The maximum absolute atomic E-state index is 3.35. The summed E-state index contributed by atoms with van der Waals surface area (Å²) in [6.07, 6.45) is 3.54. The first kappa shape index (κ1) is 16.2. The van der Waals surface area contributed by atoms with E-state index in [1.165, 1.54) is 24.0 Å². The van der Waals surface area contributed by atoms with Gasteiger partial charge in [0.1, 0.15) is 0 Å². The molecule has 19 heavy (non-hydrogen) atoms. The van der Waals surface area contributed by atoms with E-state index in [9.17, 15) is 0 Å². The third-order valence-electron chi connectivity index (χ3n) is 3.69. The SMILES string of the molecule is CCCc1ccc(CCN(C)CC(C)(C)NC)cc1. The number of hydrogen-bond donors (Lipinski definition) is 1. The van der Waals surface area contributed by atoms with Gasteiger partial charge in [0.2, 0.25) is 0 Å². The molecule has 0 saturated carbocycles. The summed E-state index contributed by atoms with van der Waals surface area (Å²) in [5.41, 5.74) is 3.07. The van der Waals surface area contributed by atoms with Crippen molar-refractivity contribution in [2.75, 3.05) is 27.2 Å². The van der Waals surface area contributed by atoms with Crippen LogP contribution in [-0.4, -0.2) is 37.6 Å². The average molecular weight is 262 g/mol. The molecule has 0 aliphatic carbocycles. The molecule has 0 spiro atoms. The Morgan fingerprint density at radius 1 is 1.05 bits per heavy atom. The van der Waals surface area contributed by atoms with Crippen LogP contribution in [0.4, 0.5) is 0 Å². The fraction of sp³-hybridized carbons (Fsp3) is 0.647. The molecule has 0 saturated heterocycles. The van der Waals surface area contributed by atoms with E-state index >= 15 is 0 Å². The lowest BCUT2D eigenvalue weighted by atomic mass is 10.0. The van der Waals surface area contributed by atoms with Crippen molar-refractivity contribution in [3.63, 3.8) is 0 Å². The molecule has 0 amide bonds. The lowest BCUT2D eigenvalue weighted by molar-refractivity contribution is 0.246. The zero-order chi connectivity index (χ0) is 14.3. The molecule has 1 aromatic carbocycles. The highest BCUT2D eigenvalue weighted by atomic mass is 15.1. The quantitative estimate of drug-likeness (QED) is 0.774. The number of nitrogens with zero attached hydrogens (tertiary/aromatic N) is 1. The highest BCUT2D eigenvalue weighted by Gasteiger charge is 2.16. The number of aryl methyl sites for hydroxylation is 1. The van der Waals surface area contributed by atoms with Crippen LogP contribution in [0, 0.1) is 0 Å². The number of benzene rings is 1. The van der Waals surface area contributed by atoms with Gasteiger partial charge in [0, 0.05) is 18.6 Å².